The summed E-state index contributed by atoms with van der Waals surface area (Å²) in [6.07, 6.45) is 0.939. The minimum atomic E-state index is 0.294. The molecule has 1 atom stereocenters. The third-order valence-corrected chi connectivity index (χ3v) is 3.67. The van der Waals surface area contributed by atoms with Gasteiger partial charge in [-0.2, -0.15) is 5.10 Å². The summed E-state index contributed by atoms with van der Waals surface area (Å²) in [7, 11) is 1.69. The van der Waals surface area contributed by atoms with E-state index in [-0.39, 0.29) is 0 Å². The molecule has 114 valence electrons. The maximum atomic E-state index is 5.23. The second-order valence-electron chi connectivity index (χ2n) is 5.18. The van der Waals surface area contributed by atoms with E-state index >= 15 is 0 Å². The SMILES string of the molecule is CCNC(Cc1cc(C)nn1CC)c1ccc(OC)cc1. The Balaban J connectivity index is 2.21. The second kappa shape index (κ2) is 7.27. The molecule has 0 fully saturated rings. The van der Waals surface area contributed by atoms with Crippen molar-refractivity contribution in [1.82, 2.24) is 15.1 Å². The molecule has 0 saturated carbocycles. The van der Waals surface area contributed by atoms with Gasteiger partial charge in [-0.15, -0.1) is 0 Å². The van der Waals surface area contributed by atoms with Gasteiger partial charge >= 0.3 is 0 Å². The van der Waals surface area contributed by atoms with Crippen molar-refractivity contribution in [1.29, 1.82) is 0 Å². The van der Waals surface area contributed by atoms with Crippen LogP contribution in [-0.4, -0.2) is 23.4 Å². The molecule has 0 saturated heterocycles. The summed E-state index contributed by atoms with van der Waals surface area (Å²) in [6, 6.07) is 10.8. The summed E-state index contributed by atoms with van der Waals surface area (Å²) in [5.74, 6) is 0.892. The van der Waals surface area contributed by atoms with Gasteiger partial charge < -0.3 is 10.1 Å². The Morgan fingerprint density at radius 2 is 1.95 bits per heavy atom. The molecule has 0 radical (unpaired) electrons. The molecule has 1 aromatic carbocycles. The Morgan fingerprint density at radius 3 is 2.52 bits per heavy atom. The maximum absolute atomic E-state index is 5.23. The average molecular weight is 287 g/mol. The number of ether oxygens (including phenoxy) is 1. The van der Waals surface area contributed by atoms with Crippen molar-refractivity contribution in [2.45, 2.75) is 39.8 Å². The third-order valence-electron chi connectivity index (χ3n) is 3.67. The van der Waals surface area contributed by atoms with Gasteiger partial charge in [-0.05, 0) is 44.2 Å². The van der Waals surface area contributed by atoms with E-state index in [0.717, 1.165) is 31.0 Å². The molecule has 2 rings (SSSR count). The maximum Gasteiger partial charge on any atom is 0.118 e. The van der Waals surface area contributed by atoms with E-state index in [4.69, 9.17) is 4.74 Å². The minimum absolute atomic E-state index is 0.294. The van der Waals surface area contributed by atoms with Crippen LogP contribution in [0.3, 0.4) is 0 Å². The van der Waals surface area contributed by atoms with Crippen LogP contribution in [0.15, 0.2) is 30.3 Å². The first-order valence-electron chi connectivity index (χ1n) is 7.58. The molecule has 0 amide bonds. The summed E-state index contributed by atoms with van der Waals surface area (Å²) in [5.41, 5.74) is 3.63. The van der Waals surface area contributed by atoms with Crippen molar-refractivity contribution < 1.29 is 4.74 Å². The van der Waals surface area contributed by atoms with Gasteiger partial charge in [0.05, 0.1) is 12.8 Å². The molecule has 1 unspecified atom stereocenters. The molecule has 0 spiro atoms. The number of nitrogens with one attached hydrogen (secondary N) is 1. The van der Waals surface area contributed by atoms with Crippen molar-refractivity contribution in [2.24, 2.45) is 0 Å². The molecule has 2 aromatic rings. The zero-order valence-corrected chi connectivity index (χ0v) is 13.4. The number of aromatic nitrogens is 2. The van der Waals surface area contributed by atoms with Gasteiger partial charge in [0, 0.05) is 24.7 Å². The highest BCUT2D eigenvalue weighted by molar-refractivity contribution is 5.30. The van der Waals surface area contributed by atoms with E-state index in [1.54, 1.807) is 7.11 Å². The van der Waals surface area contributed by atoms with Gasteiger partial charge in [0.2, 0.25) is 0 Å². The molecule has 0 aliphatic rings. The quantitative estimate of drug-likeness (QED) is 0.850. The smallest absolute Gasteiger partial charge is 0.118 e. The zero-order chi connectivity index (χ0) is 15.2. The van der Waals surface area contributed by atoms with Crippen molar-refractivity contribution >= 4 is 0 Å². The number of hydrogen-bond acceptors (Lipinski definition) is 3. The fourth-order valence-corrected chi connectivity index (χ4v) is 2.64. The predicted octanol–water partition coefficient (Wildman–Crippen LogP) is 3.11. The largest absolute Gasteiger partial charge is 0.497 e. The van der Waals surface area contributed by atoms with Crippen LogP contribution in [0.5, 0.6) is 5.75 Å². The number of benzene rings is 1. The lowest BCUT2D eigenvalue weighted by Crippen LogP contribution is -2.24. The highest BCUT2D eigenvalue weighted by atomic mass is 16.5. The fourth-order valence-electron chi connectivity index (χ4n) is 2.64. The number of nitrogens with zero attached hydrogens (tertiary/aromatic N) is 2. The first-order valence-corrected chi connectivity index (χ1v) is 7.58. The second-order valence-corrected chi connectivity index (χ2v) is 5.18. The van der Waals surface area contributed by atoms with E-state index in [9.17, 15) is 0 Å². The highest BCUT2D eigenvalue weighted by Crippen LogP contribution is 2.21. The van der Waals surface area contributed by atoms with E-state index in [0.29, 0.717) is 6.04 Å². The molecule has 0 aliphatic carbocycles. The summed E-state index contributed by atoms with van der Waals surface area (Å²) in [4.78, 5) is 0. The molecular formula is C17H25N3O. The van der Waals surface area contributed by atoms with Crippen LogP contribution in [0.4, 0.5) is 0 Å². The molecule has 1 heterocycles. The summed E-state index contributed by atoms with van der Waals surface area (Å²) < 4.78 is 7.32. The Morgan fingerprint density at radius 1 is 1.24 bits per heavy atom. The van der Waals surface area contributed by atoms with Crippen LogP contribution >= 0.6 is 0 Å². The first kappa shape index (κ1) is 15.6. The normalized spacial score (nSPS) is 12.4. The summed E-state index contributed by atoms with van der Waals surface area (Å²) in [6.45, 7) is 8.16. The molecule has 4 nitrogen and oxygen atoms in total. The van der Waals surface area contributed by atoms with Crippen LogP contribution in [0.1, 0.15) is 36.8 Å². The summed E-state index contributed by atoms with van der Waals surface area (Å²) >= 11 is 0. The number of aryl methyl sites for hydroxylation is 2. The standard InChI is InChI=1S/C17H25N3O/c1-5-18-17(14-7-9-16(21-4)10-8-14)12-15-11-13(3)19-20(15)6-2/h7-11,17-18H,5-6,12H2,1-4H3. The monoisotopic (exact) mass is 287 g/mol. The Hall–Kier alpha value is -1.81. The van der Waals surface area contributed by atoms with Crippen LogP contribution in [0.2, 0.25) is 0 Å². The molecule has 0 bridgehead atoms. The fraction of sp³-hybridized carbons (Fsp3) is 0.471. The molecule has 1 aromatic heterocycles. The van der Waals surface area contributed by atoms with Crippen molar-refractivity contribution in [2.75, 3.05) is 13.7 Å². The Bertz CT molecular complexity index is 560. The summed E-state index contributed by atoms with van der Waals surface area (Å²) in [5, 5.41) is 8.10. The van der Waals surface area contributed by atoms with E-state index in [1.807, 2.05) is 19.1 Å². The van der Waals surface area contributed by atoms with Crippen LogP contribution in [0, 0.1) is 6.92 Å². The van der Waals surface area contributed by atoms with Gasteiger partial charge in [-0.3, -0.25) is 4.68 Å². The molecule has 4 heteroatoms. The molecular weight excluding hydrogens is 262 g/mol. The van der Waals surface area contributed by atoms with Crippen LogP contribution in [0.25, 0.3) is 0 Å². The lowest BCUT2D eigenvalue weighted by Gasteiger charge is -2.19. The first-order chi connectivity index (χ1) is 10.2. The van der Waals surface area contributed by atoms with Crippen molar-refractivity contribution in [3.63, 3.8) is 0 Å². The van der Waals surface area contributed by atoms with Crippen molar-refractivity contribution in [3.8, 4) is 5.75 Å². The van der Waals surface area contributed by atoms with Gasteiger partial charge in [0.1, 0.15) is 5.75 Å². The highest BCUT2D eigenvalue weighted by Gasteiger charge is 2.14. The number of methoxy groups -OCH3 is 1. The zero-order valence-electron chi connectivity index (χ0n) is 13.4. The predicted molar refractivity (Wildman–Crippen MR) is 85.8 cm³/mol. The number of hydrogen-bond donors (Lipinski definition) is 1. The van der Waals surface area contributed by atoms with E-state index in [2.05, 4.69) is 47.1 Å². The molecule has 1 N–H and O–H groups in total. The molecule has 0 aliphatic heterocycles. The number of likely N-dealkylation sites (N-methyl/N-ethyl adjacent to an activating group) is 1. The number of rotatable bonds is 7. The van der Waals surface area contributed by atoms with E-state index in [1.165, 1.54) is 11.3 Å². The van der Waals surface area contributed by atoms with Gasteiger partial charge in [-0.1, -0.05) is 19.1 Å². The van der Waals surface area contributed by atoms with E-state index < -0.39 is 0 Å². The van der Waals surface area contributed by atoms with Crippen LogP contribution in [-0.2, 0) is 13.0 Å². The van der Waals surface area contributed by atoms with Crippen LogP contribution < -0.4 is 10.1 Å². The van der Waals surface area contributed by atoms with Gasteiger partial charge in [0.25, 0.3) is 0 Å². The molecule has 21 heavy (non-hydrogen) atoms. The topological polar surface area (TPSA) is 39.1 Å². The minimum Gasteiger partial charge on any atom is -0.497 e. The van der Waals surface area contributed by atoms with Crippen molar-refractivity contribution in [3.05, 3.63) is 47.3 Å². The lowest BCUT2D eigenvalue weighted by molar-refractivity contribution is 0.414. The Labute approximate surface area is 127 Å². The third kappa shape index (κ3) is 3.85. The van der Waals surface area contributed by atoms with Gasteiger partial charge in [0.15, 0.2) is 0 Å². The average Bonchev–Trinajstić information content (AvgIpc) is 2.87. The van der Waals surface area contributed by atoms with Gasteiger partial charge in [-0.25, -0.2) is 0 Å². The lowest BCUT2D eigenvalue weighted by atomic mass is 10.0. The Kier molecular flexibility index (Phi) is 5.39.